The Morgan fingerprint density at radius 3 is 2.86 bits per heavy atom. The van der Waals surface area contributed by atoms with Gasteiger partial charge in [-0.2, -0.15) is 0 Å². The van der Waals surface area contributed by atoms with E-state index in [1.807, 2.05) is 12.3 Å². The van der Waals surface area contributed by atoms with Crippen molar-refractivity contribution in [3.05, 3.63) is 54.1 Å². The summed E-state index contributed by atoms with van der Waals surface area (Å²) in [6.07, 6.45) is 6.17. The van der Waals surface area contributed by atoms with Crippen molar-refractivity contribution in [2.24, 2.45) is 5.73 Å². The Hall–Kier alpha value is -2.14. The van der Waals surface area contributed by atoms with Crippen LogP contribution in [0.15, 0.2) is 42.7 Å². The highest BCUT2D eigenvalue weighted by molar-refractivity contribution is 5.75. The molecule has 1 aromatic carbocycles. The molecule has 5 heteroatoms. The van der Waals surface area contributed by atoms with Crippen molar-refractivity contribution in [2.45, 2.75) is 32.4 Å². The van der Waals surface area contributed by atoms with Crippen molar-refractivity contribution < 1.29 is 4.79 Å². The number of nitrogens with one attached hydrogen (secondary N) is 1. The second-order valence-corrected chi connectivity index (χ2v) is 4.94. The van der Waals surface area contributed by atoms with Crippen LogP contribution in [-0.2, 0) is 24.3 Å². The third-order valence-electron chi connectivity index (χ3n) is 3.32. The molecular weight excluding hydrogens is 264 g/mol. The predicted octanol–water partition coefficient (Wildman–Crippen LogP) is 1.48. The van der Waals surface area contributed by atoms with E-state index < -0.39 is 0 Å². The normalized spacial score (nSPS) is 10.5. The standard InChI is InChI=1S/C16H22N4O/c17-9-8-16(21)19-13-15-18-10-12-20(15)11-4-7-14-5-2-1-3-6-14/h1-3,5-6,10,12H,4,7-9,11,13,17H2,(H,19,21). The van der Waals surface area contributed by atoms with Crippen molar-refractivity contribution in [1.82, 2.24) is 14.9 Å². The first-order valence-corrected chi connectivity index (χ1v) is 7.30. The Balaban J connectivity index is 1.79. The number of nitrogens with two attached hydrogens (primary N) is 1. The van der Waals surface area contributed by atoms with E-state index in [1.54, 1.807) is 6.20 Å². The molecule has 0 unspecified atom stereocenters. The third kappa shape index (κ3) is 5.04. The van der Waals surface area contributed by atoms with Gasteiger partial charge in [0.2, 0.25) is 5.91 Å². The average molecular weight is 286 g/mol. The number of imidazole rings is 1. The number of rotatable bonds is 8. The van der Waals surface area contributed by atoms with Gasteiger partial charge >= 0.3 is 0 Å². The maximum Gasteiger partial charge on any atom is 0.221 e. The van der Waals surface area contributed by atoms with Crippen LogP contribution in [-0.4, -0.2) is 22.0 Å². The molecule has 112 valence electrons. The number of amides is 1. The van der Waals surface area contributed by atoms with Crippen LogP contribution in [0.2, 0.25) is 0 Å². The molecule has 0 aliphatic rings. The van der Waals surface area contributed by atoms with E-state index in [2.05, 4.69) is 39.1 Å². The Morgan fingerprint density at radius 2 is 2.10 bits per heavy atom. The fourth-order valence-electron chi connectivity index (χ4n) is 2.21. The van der Waals surface area contributed by atoms with Crippen LogP contribution in [0.4, 0.5) is 0 Å². The number of aromatic nitrogens is 2. The molecule has 1 heterocycles. The lowest BCUT2D eigenvalue weighted by atomic mass is 10.1. The number of carbonyl (C=O) groups excluding carboxylic acids is 1. The van der Waals surface area contributed by atoms with Crippen LogP contribution < -0.4 is 11.1 Å². The summed E-state index contributed by atoms with van der Waals surface area (Å²) in [5, 5.41) is 2.83. The second kappa shape index (κ2) is 8.21. The smallest absolute Gasteiger partial charge is 0.221 e. The Morgan fingerprint density at radius 1 is 1.29 bits per heavy atom. The monoisotopic (exact) mass is 286 g/mol. The molecule has 2 rings (SSSR count). The summed E-state index contributed by atoms with van der Waals surface area (Å²) in [6, 6.07) is 10.4. The molecule has 1 aromatic heterocycles. The maximum absolute atomic E-state index is 11.4. The molecule has 5 nitrogen and oxygen atoms in total. The minimum Gasteiger partial charge on any atom is -0.349 e. The Labute approximate surface area is 125 Å². The number of benzene rings is 1. The first kappa shape index (κ1) is 15.3. The van der Waals surface area contributed by atoms with E-state index in [1.165, 1.54) is 5.56 Å². The average Bonchev–Trinajstić information content (AvgIpc) is 2.94. The number of hydrogen-bond acceptors (Lipinski definition) is 3. The van der Waals surface area contributed by atoms with Crippen LogP contribution in [0.5, 0.6) is 0 Å². The molecular formula is C16H22N4O. The molecule has 0 atom stereocenters. The molecule has 1 amide bonds. The first-order valence-electron chi connectivity index (χ1n) is 7.30. The first-order chi connectivity index (χ1) is 10.3. The van der Waals surface area contributed by atoms with Gasteiger partial charge in [0.25, 0.3) is 0 Å². The number of aryl methyl sites for hydroxylation is 2. The van der Waals surface area contributed by atoms with Gasteiger partial charge in [0.05, 0.1) is 6.54 Å². The molecule has 0 bridgehead atoms. The zero-order valence-electron chi connectivity index (χ0n) is 12.2. The molecule has 3 N–H and O–H groups in total. The van der Waals surface area contributed by atoms with E-state index in [4.69, 9.17) is 5.73 Å². The highest BCUT2D eigenvalue weighted by Gasteiger charge is 2.05. The fourth-order valence-corrected chi connectivity index (χ4v) is 2.21. The maximum atomic E-state index is 11.4. The molecule has 0 aliphatic heterocycles. The minimum absolute atomic E-state index is 0.0312. The lowest BCUT2D eigenvalue weighted by Crippen LogP contribution is -2.26. The largest absolute Gasteiger partial charge is 0.349 e. The molecule has 21 heavy (non-hydrogen) atoms. The number of hydrogen-bond donors (Lipinski definition) is 2. The van der Waals surface area contributed by atoms with Crippen molar-refractivity contribution in [2.75, 3.05) is 6.54 Å². The fraction of sp³-hybridized carbons (Fsp3) is 0.375. The number of nitrogens with zero attached hydrogens (tertiary/aromatic N) is 2. The molecule has 0 saturated carbocycles. The van der Waals surface area contributed by atoms with Crippen molar-refractivity contribution >= 4 is 5.91 Å². The van der Waals surface area contributed by atoms with Gasteiger partial charge in [0, 0.05) is 31.9 Å². The summed E-state index contributed by atoms with van der Waals surface area (Å²) < 4.78 is 2.09. The summed E-state index contributed by atoms with van der Waals surface area (Å²) in [5.41, 5.74) is 6.69. The topological polar surface area (TPSA) is 72.9 Å². The molecule has 0 aliphatic carbocycles. The zero-order valence-corrected chi connectivity index (χ0v) is 12.2. The lowest BCUT2D eigenvalue weighted by Gasteiger charge is -2.09. The highest BCUT2D eigenvalue weighted by Crippen LogP contribution is 2.05. The molecule has 0 saturated heterocycles. The van der Waals surface area contributed by atoms with Gasteiger partial charge in [0.1, 0.15) is 5.82 Å². The van der Waals surface area contributed by atoms with E-state index in [0.29, 0.717) is 19.5 Å². The SMILES string of the molecule is NCCC(=O)NCc1nccn1CCCc1ccccc1. The molecule has 0 spiro atoms. The van der Waals surface area contributed by atoms with Crippen LogP contribution in [0.1, 0.15) is 24.2 Å². The van der Waals surface area contributed by atoms with Crippen molar-refractivity contribution in [3.63, 3.8) is 0 Å². The van der Waals surface area contributed by atoms with Gasteiger partial charge < -0.3 is 15.6 Å². The van der Waals surface area contributed by atoms with Crippen LogP contribution in [0.25, 0.3) is 0 Å². The van der Waals surface area contributed by atoms with Crippen LogP contribution >= 0.6 is 0 Å². The van der Waals surface area contributed by atoms with Gasteiger partial charge in [0.15, 0.2) is 0 Å². The summed E-state index contributed by atoms with van der Waals surface area (Å²) >= 11 is 0. The Bertz CT molecular complexity index is 550. The zero-order chi connectivity index (χ0) is 14.9. The Kier molecular flexibility index (Phi) is 5.97. The third-order valence-corrected chi connectivity index (χ3v) is 3.32. The van der Waals surface area contributed by atoms with Crippen molar-refractivity contribution in [1.29, 1.82) is 0 Å². The second-order valence-electron chi connectivity index (χ2n) is 4.94. The van der Waals surface area contributed by atoms with Gasteiger partial charge in [-0.3, -0.25) is 4.79 Å². The van der Waals surface area contributed by atoms with Crippen LogP contribution in [0, 0.1) is 0 Å². The van der Waals surface area contributed by atoms with Gasteiger partial charge in [-0.1, -0.05) is 30.3 Å². The van der Waals surface area contributed by atoms with Crippen molar-refractivity contribution in [3.8, 4) is 0 Å². The summed E-state index contributed by atoms with van der Waals surface area (Å²) in [5.74, 6) is 0.852. The summed E-state index contributed by atoms with van der Waals surface area (Å²) in [4.78, 5) is 15.7. The van der Waals surface area contributed by atoms with E-state index >= 15 is 0 Å². The van der Waals surface area contributed by atoms with Gasteiger partial charge in [-0.25, -0.2) is 4.98 Å². The number of carbonyl (C=O) groups is 1. The summed E-state index contributed by atoms with van der Waals surface area (Å²) in [7, 11) is 0. The van der Waals surface area contributed by atoms with Gasteiger partial charge in [-0.05, 0) is 18.4 Å². The predicted molar refractivity (Wildman–Crippen MR) is 82.5 cm³/mol. The van der Waals surface area contributed by atoms with Gasteiger partial charge in [-0.15, -0.1) is 0 Å². The van der Waals surface area contributed by atoms with E-state index in [9.17, 15) is 4.79 Å². The molecule has 0 radical (unpaired) electrons. The van der Waals surface area contributed by atoms with Crippen LogP contribution in [0.3, 0.4) is 0 Å². The highest BCUT2D eigenvalue weighted by atomic mass is 16.1. The molecule has 0 fully saturated rings. The van der Waals surface area contributed by atoms with E-state index in [0.717, 1.165) is 25.2 Å². The summed E-state index contributed by atoms with van der Waals surface area (Å²) in [6.45, 7) is 1.73. The quantitative estimate of drug-likeness (QED) is 0.772. The minimum atomic E-state index is -0.0312. The lowest BCUT2D eigenvalue weighted by molar-refractivity contribution is -0.121. The molecule has 2 aromatic rings. The van der Waals surface area contributed by atoms with E-state index in [-0.39, 0.29) is 5.91 Å².